The molecule has 1 N–H and O–H groups in total. The normalized spacial score (nSPS) is 13.7. The average molecular weight is 443 g/mol. The van der Waals surface area contributed by atoms with E-state index in [1.165, 1.54) is 5.56 Å². The Labute approximate surface area is 191 Å². The lowest BCUT2D eigenvalue weighted by Crippen LogP contribution is -2.35. The van der Waals surface area contributed by atoms with Gasteiger partial charge in [0.2, 0.25) is 0 Å². The Kier molecular flexibility index (Phi) is 5.60. The number of halogens is 1. The zero-order chi connectivity index (χ0) is 22.1. The number of H-pyrrole nitrogens is 1. The number of aryl methyl sites for hydroxylation is 1. The van der Waals surface area contributed by atoms with E-state index in [4.69, 9.17) is 16.6 Å². The third kappa shape index (κ3) is 4.35. The molecule has 3 heterocycles. The summed E-state index contributed by atoms with van der Waals surface area (Å²) in [6, 6.07) is 19.9. The first-order valence-corrected chi connectivity index (χ1v) is 11.1. The largest absolute Gasteiger partial charge is 0.306 e. The first-order valence-electron chi connectivity index (χ1n) is 10.7. The van der Waals surface area contributed by atoms with Crippen molar-refractivity contribution in [1.82, 2.24) is 19.9 Å². The highest BCUT2D eigenvalue weighted by molar-refractivity contribution is 6.30. The van der Waals surface area contributed by atoms with Crippen molar-refractivity contribution < 1.29 is 0 Å². The zero-order valence-corrected chi connectivity index (χ0v) is 18.6. The number of nitrogens with one attached hydrogen (secondary N) is 1. The van der Waals surface area contributed by atoms with E-state index >= 15 is 0 Å². The summed E-state index contributed by atoms with van der Waals surface area (Å²) in [5.41, 5.74) is 6.86. The minimum Gasteiger partial charge on any atom is -0.306 e. The van der Waals surface area contributed by atoms with Crippen LogP contribution >= 0.6 is 11.6 Å². The summed E-state index contributed by atoms with van der Waals surface area (Å²) < 4.78 is 0. The highest BCUT2D eigenvalue weighted by atomic mass is 35.5. The molecule has 160 valence electrons. The second kappa shape index (κ2) is 8.69. The van der Waals surface area contributed by atoms with Gasteiger partial charge in [0.25, 0.3) is 5.56 Å². The van der Waals surface area contributed by atoms with Crippen molar-refractivity contribution in [3.63, 3.8) is 0 Å². The van der Waals surface area contributed by atoms with Gasteiger partial charge in [-0.1, -0.05) is 47.5 Å². The number of nitrogens with zero attached hydrogens (tertiary/aromatic N) is 3. The third-order valence-electron chi connectivity index (χ3n) is 5.84. The molecule has 5 rings (SSSR count). The number of hydrogen-bond acceptors (Lipinski definition) is 4. The minimum absolute atomic E-state index is 0.0718. The van der Waals surface area contributed by atoms with Crippen LogP contribution in [-0.4, -0.2) is 26.4 Å². The van der Waals surface area contributed by atoms with E-state index in [1.807, 2.05) is 18.3 Å². The fourth-order valence-electron chi connectivity index (χ4n) is 4.03. The summed E-state index contributed by atoms with van der Waals surface area (Å²) in [5, 5.41) is 0.658. The molecule has 5 nitrogen and oxygen atoms in total. The molecule has 0 atom stereocenters. The number of aromatic amines is 1. The molecule has 0 saturated carbocycles. The molecule has 32 heavy (non-hydrogen) atoms. The van der Waals surface area contributed by atoms with Crippen molar-refractivity contribution >= 4 is 11.6 Å². The highest BCUT2D eigenvalue weighted by Crippen LogP contribution is 2.22. The molecule has 0 radical (unpaired) electrons. The van der Waals surface area contributed by atoms with Crippen LogP contribution in [0.3, 0.4) is 0 Å². The molecular weight excluding hydrogens is 420 g/mol. The predicted octanol–water partition coefficient (Wildman–Crippen LogP) is 5.02. The topological polar surface area (TPSA) is 61.9 Å². The first kappa shape index (κ1) is 20.6. The van der Waals surface area contributed by atoms with Crippen molar-refractivity contribution in [2.24, 2.45) is 0 Å². The summed E-state index contributed by atoms with van der Waals surface area (Å²) in [5.74, 6) is 0.592. The minimum atomic E-state index is -0.0718. The van der Waals surface area contributed by atoms with Gasteiger partial charge in [0.05, 0.1) is 17.0 Å². The Bertz CT molecular complexity index is 1300. The fourth-order valence-corrected chi connectivity index (χ4v) is 4.16. The molecule has 2 aromatic heterocycles. The van der Waals surface area contributed by atoms with E-state index in [0.29, 0.717) is 17.4 Å². The molecule has 0 saturated heterocycles. The predicted molar refractivity (Wildman–Crippen MR) is 128 cm³/mol. The second-order valence-electron chi connectivity index (χ2n) is 8.23. The van der Waals surface area contributed by atoms with E-state index in [2.05, 4.69) is 58.2 Å². The summed E-state index contributed by atoms with van der Waals surface area (Å²) in [6.45, 7) is 4.26. The first-order chi connectivity index (χ1) is 15.5. The SMILES string of the molecule is Cc1ccc(-c2ccc(CN3CCc4nc(-c5ccc(Cl)cc5)[nH]c(=O)c4C3)cn2)cc1. The molecule has 0 spiro atoms. The van der Waals surface area contributed by atoms with Gasteiger partial charge in [0.1, 0.15) is 5.82 Å². The molecular formula is C26H23ClN4O. The smallest absolute Gasteiger partial charge is 0.255 e. The zero-order valence-electron chi connectivity index (χ0n) is 17.8. The lowest BCUT2D eigenvalue weighted by Gasteiger charge is -2.27. The van der Waals surface area contributed by atoms with Crippen LogP contribution in [0.2, 0.25) is 5.02 Å². The monoisotopic (exact) mass is 442 g/mol. The second-order valence-corrected chi connectivity index (χ2v) is 8.66. The van der Waals surface area contributed by atoms with Crippen LogP contribution in [0.1, 0.15) is 22.4 Å². The summed E-state index contributed by atoms with van der Waals surface area (Å²) >= 11 is 5.97. The van der Waals surface area contributed by atoms with E-state index < -0.39 is 0 Å². The quantitative estimate of drug-likeness (QED) is 0.482. The maximum Gasteiger partial charge on any atom is 0.255 e. The molecule has 0 unspecified atom stereocenters. The van der Waals surface area contributed by atoms with Gasteiger partial charge in [-0.25, -0.2) is 4.98 Å². The summed E-state index contributed by atoms with van der Waals surface area (Å²) in [4.78, 5) is 27.4. The molecule has 1 aliphatic heterocycles. The van der Waals surface area contributed by atoms with E-state index in [-0.39, 0.29) is 5.56 Å². The van der Waals surface area contributed by atoms with Crippen LogP contribution in [0, 0.1) is 6.92 Å². The molecule has 0 bridgehead atoms. The van der Waals surface area contributed by atoms with Crippen molar-refractivity contribution in [3.8, 4) is 22.6 Å². The van der Waals surface area contributed by atoms with Crippen LogP contribution in [0.25, 0.3) is 22.6 Å². The van der Waals surface area contributed by atoms with Crippen LogP contribution < -0.4 is 5.56 Å². The van der Waals surface area contributed by atoms with Crippen LogP contribution in [-0.2, 0) is 19.5 Å². The van der Waals surface area contributed by atoms with Crippen molar-refractivity contribution in [2.75, 3.05) is 6.54 Å². The van der Waals surface area contributed by atoms with Crippen LogP contribution in [0.4, 0.5) is 0 Å². The van der Waals surface area contributed by atoms with Gasteiger partial charge in [-0.3, -0.25) is 14.7 Å². The Morgan fingerprint density at radius 2 is 1.75 bits per heavy atom. The summed E-state index contributed by atoms with van der Waals surface area (Å²) in [7, 11) is 0. The lowest BCUT2D eigenvalue weighted by molar-refractivity contribution is 0.241. The lowest BCUT2D eigenvalue weighted by atomic mass is 10.1. The van der Waals surface area contributed by atoms with Gasteiger partial charge in [0.15, 0.2) is 0 Å². The van der Waals surface area contributed by atoms with Gasteiger partial charge in [-0.15, -0.1) is 0 Å². The van der Waals surface area contributed by atoms with Gasteiger partial charge in [-0.05, 0) is 42.8 Å². The Hall–Kier alpha value is -3.28. The van der Waals surface area contributed by atoms with Gasteiger partial charge >= 0.3 is 0 Å². The molecule has 2 aromatic carbocycles. The van der Waals surface area contributed by atoms with Crippen molar-refractivity contribution in [1.29, 1.82) is 0 Å². The highest BCUT2D eigenvalue weighted by Gasteiger charge is 2.21. The van der Waals surface area contributed by atoms with Crippen LogP contribution in [0.5, 0.6) is 0 Å². The molecule has 4 aromatic rings. The van der Waals surface area contributed by atoms with Gasteiger partial charge < -0.3 is 4.98 Å². The van der Waals surface area contributed by atoms with Gasteiger partial charge in [-0.2, -0.15) is 0 Å². The number of pyridine rings is 1. The maximum absolute atomic E-state index is 12.8. The van der Waals surface area contributed by atoms with Crippen molar-refractivity contribution in [2.45, 2.75) is 26.4 Å². The van der Waals surface area contributed by atoms with Crippen LogP contribution in [0.15, 0.2) is 71.7 Å². The van der Waals surface area contributed by atoms with E-state index in [1.54, 1.807) is 12.1 Å². The molecule has 6 heteroatoms. The number of fused-ring (bicyclic) bond motifs is 1. The molecule has 1 aliphatic rings. The number of hydrogen-bond donors (Lipinski definition) is 1. The number of benzene rings is 2. The Morgan fingerprint density at radius 3 is 2.47 bits per heavy atom. The van der Waals surface area contributed by atoms with E-state index in [9.17, 15) is 4.79 Å². The fraction of sp³-hybridized carbons (Fsp3) is 0.192. The Balaban J connectivity index is 1.30. The number of rotatable bonds is 4. The number of aromatic nitrogens is 3. The third-order valence-corrected chi connectivity index (χ3v) is 6.10. The van der Waals surface area contributed by atoms with E-state index in [0.717, 1.165) is 53.2 Å². The van der Waals surface area contributed by atoms with Gasteiger partial charge in [0, 0.05) is 48.4 Å². The molecule has 0 fully saturated rings. The molecule has 0 amide bonds. The average Bonchev–Trinajstić information content (AvgIpc) is 2.81. The van der Waals surface area contributed by atoms with Crippen molar-refractivity contribution in [3.05, 3.63) is 105 Å². The summed E-state index contributed by atoms with van der Waals surface area (Å²) in [6.07, 6.45) is 2.67. The Morgan fingerprint density at radius 1 is 1.00 bits per heavy atom. The molecule has 0 aliphatic carbocycles. The maximum atomic E-state index is 12.8. The standard InChI is InChI=1S/C26H23ClN4O/c1-17-2-5-19(6-3-17)23-11-4-18(14-28-23)15-31-13-12-24-22(16-31)26(32)30-25(29-24)20-7-9-21(27)10-8-20/h2-11,14H,12-13,15-16H2,1H3,(H,29,30,32).